The molecule has 0 spiro atoms. The predicted molar refractivity (Wildman–Crippen MR) is 142 cm³/mol. The molecule has 36 heavy (non-hydrogen) atoms. The van der Waals surface area contributed by atoms with Gasteiger partial charge >= 0.3 is 0 Å². The molecule has 1 atom stereocenters. The molecule has 1 saturated heterocycles. The van der Waals surface area contributed by atoms with E-state index in [-0.39, 0.29) is 5.91 Å². The van der Waals surface area contributed by atoms with E-state index in [9.17, 15) is 4.79 Å². The smallest absolute Gasteiger partial charge is 0.254 e. The number of carbonyl (C=O) groups excluding carboxylic acids is 1. The first-order valence-electron chi connectivity index (χ1n) is 13.0. The summed E-state index contributed by atoms with van der Waals surface area (Å²) in [5.41, 5.74) is 0.571. The van der Waals surface area contributed by atoms with Crippen LogP contribution in [0, 0.1) is 0 Å². The second-order valence-corrected chi connectivity index (χ2v) is 11.8. The Kier molecular flexibility index (Phi) is 6.08. The van der Waals surface area contributed by atoms with Gasteiger partial charge in [0.2, 0.25) is 11.5 Å². The molecule has 2 aromatic carbocycles. The Morgan fingerprint density at radius 1 is 1.14 bits per heavy atom. The number of thiophene rings is 1. The normalized spacial score (nSPS) is 21.0. The highest BCUT2D eigenvalue weighted by molar-refractivity contribution is 7.19. The zero-order valence-electron chi connectivity index (χ0n) is 21.3. The van der Waals surface area contributed by atoms with Crippen LogP contribution in [-0.2, 0) is 6.54 Å². The second kappa shape index (κ2) is 9.27. The first-order valence-corrected chi connectivity index (χ1v) is 13.8. The largest absolute Gasteiger partial charge is 0.493 e. The molecular weight excluding hydrogens is 472 g/mol. The summed E-state index contributed by atoms with van der Waals surface area (Å²) in [4.78, 5) is 20.0. The van der Waals surface area contributed by atoms with Crippen molar-refractivity contribution in [3.63, 3.8) is 0 Å². The molecule has 1 aliphatic carbocycles. The lowest BCUT2D eigenvalue weighted by atomic mass is 9.91. The van der Waals surface area contributed by atoms with Crippen LogP contribution >= 0.6 is 11.3 Å². The Bertz CT molecular complexity index is 1250. The van der Waals surface area contributed by atoms with E-state index in [1.54, 1.807) is 24.5 Å². The number of ether oxygens (including phenoxy) is 3. The van der Waals surface area contributed by atoms with E-state index in [0.29, 0.717) is 41.4 Å². The molecule has 0 unspecified atom stereocenters. The third-order valence-electron chi connectivity index (χ3n) is 7.70. The van der Waals surface area contributed by atoms with Gasteiger partial charge in [-0.3, -0.25) is 9.69 Å². The average Bonchev–Trinajstić information content (AvgIpc) is 3.51. The molecule has 3 aromatic rings. The van der Waals surface area contributed by atoms with Crippen molar-refractivity contribution in [2.24, 2.45) is 0 Å². The number of rotatable bonds is 7. The number of amides is 1. The molecule has 2 aliphatic heterocycles. The number of hydrogen-bond acceptors (Lipinski definition) is 6. The highest BCUT2D eigenvalue weighted by atomic mass is 32.1. The van der Waals surface area contributed by atoms with Gasteiger partial charge in [-0.25, -0.2) is 0 Å². The summed E-state index contributed by atoms with van der Waals surface area (Å²) in [6, 6.07) is 15.3. The fraction of sp³-hybridized carbons (Fsp3) is 0.483. The number of nitrogens with zero attached hydrogens (tertiary/aromatic N) is 2. The minimum Gasteiger partial charge on any atom is -0.493 e. The van der Waals surface area contributed by atoms with Crippen molar-refractivity contribution in [1.82, 2.24) is 9.80 Å². The predicted octanol–water partition coefficient (Wildman–Crippen LogP) is 6.08. The van der Waals surface area contributed by atoms with Gasteiger partial charge < -0.3 is 19.1 Å². The molecule has 7 heteroatoms. The lowest BCUT2D eigenvalue weighted by molar-refractivity contribution is -0.0439. The van der Waals surface area contributed by atoms with Gasteiger partial charge in [-0.15, -0.1) is 11.3 Å². The topological polar surface area (TPSA) is 51.2 Å². The number of likely N-dealkylation sites (tertiary alicyclic amines) is 1. The van der Waals surface area contributed by atoms with E-state index in [4.69, 9.17) is 14.2 Å². The first kappa shape index (κ1) is 23.6. The van der Waals surface area contributed by atoms with Gasteiger partial charge in [0.15, 0.2) is 11.5 Å². The Labute approximate surface area is 216 Å². The SMILES string of the molecule is COc1cc(C(=O)N(Cc2cc3ccccc3s2)C[C@@H]2CCCN2C2CCC2)cc2c1OC(C)(C)O2. The summed E-state index contributed by atoms with van der Waals surface area (Å²) in [5.74, 6) is 0.854. The van der Waals surface area contributed by atoms with Gasteiger partial charge in [0.25, 0.3) is 5.91 Å². The maximum absolute atomic E-state index is 14.1. The number of benzene rings is 2. The van der Waals surface area contributed by atoms with Crippen molar-refractivity contribution in [1.29, 1.82) is 0 Å². The first-order chi connectivity index (χ1) is 17.4. The standard InChI is InChI=1S/C29H34N2O4S/c1-29(2)34-25-16-20(15-24(33-3)27(25)35-29)28(32)30(17-22-11-7-13-31(22)21-9-6-10-21)18-23-14-19-8-4-5-12-26(19)36-23/h4-5,8,12,14-16,21-22H,6-7,9-11,13,17-18H2,1-3H3/t22-/m0/s1. The van der Waals surface area contributed by atoms with Crippen molar-refractivity contribution in [3.8, 4) is 17.2 Å². The summed E-state index contributed by atoms with van der Waals surface area (Å²) in [6.07, 6.45) is 6.25. The molecule has 1 amide bonds. The van der Waals surface area contributed by atoms with Gasteiger partial charge in [-0.1, -0.05) is 24.6 Å². The molecule has 6 nitrogen and oxygen atoms in total. The molecule has 190 valence electrons. The van der Waals surface area contributed by atoms with Crippen LogP contribution in [0.2, 0.25) is 0 Å². The van der Waals surface area contributed by atoms with Crippen LogP contribution in [0.15, 0.2) is 42.5 Å². The van der Waals surface area contributed by atoms with Crippen LogP contribution in [0.1, 0.15) is 61.2 Å². The van der Waals surface area contributed by atoms with E-state index in [0.717, 1.165) is 19.5 Å². The van der Waals surface area contributed by atoms with Gasteiger partial charge in [-0.05, 0) is 61.9 Å². The number of hydrogen-bond donors (Lipinski definition) is 0. The van der Waals surface area contributed by atoms with E-state index >= 15 is 0 Å². The van der Waals surface area contributed by atoms with Crippen molar-refractivity contribution in [2.45, 2.75) is 70.4 Å². The van der Waals surface area contributed by atoms with E-state index in [2.05, 4.69) is 35.2 Å². The minimum absolute atomic E-state index is 0.00215. The van der Waals surface area contributed by atoms with Crippen LogP contribution < -0.4 is 14.2 Å². The molecule has 0 bridgehead atoms. The fourth-order valence-corrected chi connectivity index (χ4v) is 6.85. The third kappa shape index (κ3) is 4.43. The van der Waals surface area contributed by atoms with Gasteiger partial charge in [-0.2, -0.15) is 0 Å². The summed E-state index contributed by atoms with van der Waals surface area (Å²) >= 11 is 1.77. The summed E-state index contributed by atoms with van der Waals surface area (Å²) in [7, 11) is 1.60. The van der Waals surface area contributed by atoms with Crippen molar-refractivity contribution < 1.29 is 19.0 Å². The molecular formula is C29H34N2O4S. The maximum Gasteiger partial charge on any atom is 0.254 e. The molecule has 3 aliphatic rings. The molecule has 0 radical (unpaired) electrons. The fourth-order valence-electron chi connectivity index (χ4n) is 5.77. The molecule has 1 aromatic heterocycles. The van der Waals surface area contributed by atoms with Gasteiger partial charge in [0.05, 0.1) is 13.7 Å². The van der Waals surface area contributed by atoms with Gasteiger partial charge in [0.1, 0.15) is 0 Å². The van der Waals surface area contributed by atoms with Crippen LogP contribution in [0.25, 0.3) is 10.1 Å². The van der Waals surface area contributed by atoms with Crippen LogP contribution in [0.3, 0.4) is 0 Å². The van der Waals surface area contributed by atoms with Crippen molar-refractivity contribution in [2.75, 3.05) is 20.2 Å². The highest BCUT2D eigenvalue weighted by Gasteiger charge is 2.38. The molecule has 3 heterocycles. The van der Waals surface area contributed by atoms with E-state index in [1.165, 1.54) is 40.6 Å². The average molecular weight is 507 g/mol. The Balaban J connectivity index is 1.32. The molecule has 6 rings (SSSR count). The van der Waals surface area contributed by atoms with Crippen LogP contribution in [-0.4, -0.2) is 53.8 Å². The lowest BCUT2D eigenvalue weighted by Gasteiger charge is -2.40. The zero-order chi connectivity index (χ0) is 24.9. The number of methoxy groups -OCH3 is 1. The van der Waals surface area contributed by atoms with Crippen molar-refractivity contribution in [3.05, 3.63) is 52.9 Å². The summed E-state index contributed by atoms with van der Waals surface area (Å²) in [5, 5.41) is 1.23. The minimum atomic E-state index is -0.791. The Hall–Kier alpha value is -2.77. The quantitative estimate of drug-likeness (QED) is 0.389. The van der Waals surface area contributed by atoms with Crippen LogP contribution in [0.4, 0.5) is 0 Å². The monoisotopic (exact) mass is 506 g/mol. The Morgan fingerprint density at radius 3 is 2.72 bits per heavy atom. The highest BCUT2D eigenvalue weighted by Crippen LogP contribution is 2.47. The molecule has 2 fully saturated rings. The van der Waals surface area contributed by atoms with Gasteiger partial charge in [0, 0.05) is 47.6 Å². The maximum atomic E-state index is 14.1. The number of carbonyl (C=O) groups is 1. The van der Waals surface area contributed by atoms with E-state index < -0.39 is 5.79 Å². The third-order valence-corrected chi connectivity index (χ3v) is 8.80. The summed E-state index contributed by atoms with van der Waals surface area (Å²) in [6.45, 7) is 6.18. The lowest BCUT2D eigenvalue weighted by Crippen LogP contribution is -2.48. The Morgan fingerprint density at radius 2 is 1.97 bits per heavy atom. The second-order valence-electron chi connectivity index (χ2n) is 10.7. The molecule has 0 N–H and O–H groups in total. The molecule has 1 saturated carbocycles. The van der Waals surface area contributed by atoms with Crippen LogP contribution in [0.5, 0.6) is 17.2 Å². The number of fused-ring (bicyclic) bond motifs is 2. The summed E-state index contributed by atoms with van der Waals surface area (Å²) < 4.78 is 18.8. The van der Waals surface area contributed by atoms with Crippen molar-refractivity contribution >= 4 is 27.3 Å². The van der Waals surface area contributed by atoms with E-state index in [1.807, 2.05) is 24.8 Å². The zero-order valence-corrected chi connectivity index (χ0v) is 22.1.